The van der Waals surface area contributed by atoms with Crippen LogP contribution in [0.25, 0.3) is 6.08 Å². The molecule has 0 spiro atoms. The number of ketones is 1. The van der Waals surface area contributed by atoms with Crippen LogP contribution in [-0.2, 0) is 4.79 Å². The standard InChI is InChI=1S/C23H29NO3.ClH/c1-4-24(5-2)16-11-17-26-21-14-9-10-15-22(21)27-23(19(3)25)18-20-12-7-6-8-13-20;/h6-10,12-15,18H,4-5,11,16-17H2,1-3H3;1H/b23-18+;. The lowest BCUT2D eigenvalue weighted by Gasteiger charge is -2.18. The summed E-state index contributed by atoms with van der Waals surface area (Å²) in [6.07, 6.45) is 2.69. The number of Topliss-reactive ketones (excluding diaryl/α,β-unsaturated/α-hetero) is 1. The van der Waals surface area contributed by atoms with Gasteiger partial charge in [-0.1, -0.05) is 56.3 Å². The predicted octanol–water partition coefficient (Wildman–Crippen LogP) is 5.23. The van der Waals surface area contributed by atoms with Crippen LogP contribution in [0.15, 0.2) is 60.4 Å². The van der Waals surface area contributed by atoms with Gasteiger partial charge in [-0.05, 0) is 43.3 Å². The first kappa shape index (κ1) is 23.7. The van der Waals surface area contributed by atoms with Crippen molar-refractivity contribution in [2.45, 2.75) is 27.2 Å². The fourth-order valence-electron chi connectivity index (χ4n) is 2.69. The van der Waals surface area contributed by atoms with E-state index in [0.717, 1.165) is 31.6 Å². The minimum absolute atomic E-state index is 0. The number of halogens is 1. The third-order valence-electron chi connectivity index (χ3n) is 4.28. The van der Waals surface area contributed by atoms with E-state index in [2.05, 4.69) is 18.7 Å². The fraction of sp³-hybridized carbons (Fsp3) is 0.348. The molecule has 152 valence electrons. The zero-order valence-electron chi connectivity index (χ0n) is 16.9. The smallest absolute Gasteiger partial charge is 0.194 e. The molecule has 0 saturated heterocycles. The first-order valence-corrected chi connectivity index (χ1v) is 9.53. The molecular formula is C23H30ClNO3. The van der Waals surface area contributed by atoms with Gasteiger partial charge in [-0.3, -0.25) is 4.79 Å². The van der Waals surface area contributed by atoms with Gasteiger partial charge in [0.1, 0.15) is 0 Å². The van der Waals surface area contributed by atoms with Crippen LogP contribution >= 0.6 is 12.4 Å². The van der Waals surface area contributed by atoms with E-state index in [0.29, 0.717) is 23.9 Å². The first-order valence-electron chi connectivity index (χ1n) is 9.53. The van der Waals surface area contributed by atoms with E-state index in [1.807, 2.05) is 54.6 Å². The van der Waals surface area contributed by atoms with Crippen LogP contribution in [0.4, 0.5) is 0 Å². The number of rotatable bonds is 11. The molecule has 0 aliphatic heterocycles. The molecule has 2 aromatic rings. The third-order valence-corrected chi connectivity index (χ3v) is 4.28. The van der Waals surface area contributed by atoms with Crippen LogP contribution in [-0.4, -0.2) is 36.9 Å². The number of carbonyl (C=O) groups is 1. The summed E-state index contributed by atoms with van der Waals surface area (Å²) in [7, 11) is 0. The van der Waals surface area contributed by atoms with E-state index in [-0.39, 0.29) is 18.2 Å². The SMILES string of the molecule is CCN(CC)CCCOc1ccccc1O/C(=C/c1ccccc1)C(C)=O.Cl. The van der Waals surface area contributed by atoms with Crippen LogP contribution in [0, 0.1) is 0 Å². The second-order valence-corrected chi connectivity index (χ2v) is 6.25. The Labute approximate surface area is 174 Å². The number of carbonyl (C=O) groups excluding carboxylic acids is 1. The summed E-state index contributed by atoms with van der Waals surface area (Å²) < 4.78 is 11.8. The zero-order valence-corrected chi connectivity index (χ0v) is 17.7. The molecule has 0 aliphatic carbocycles. The minimum atomic E-state index is -0.129. The summed E-state index contributed by atoms with van der Waals surface area (Å²) in [4.78, 5) is 14.4. The Hall–Kier alpha value is -2.30. The van der Waals surface area contributed by atoms with Gasteiger partial charge in [-0.15, -0.1) is 12.4 Å². The van der Waals surface area contributed by atoms with Crippen molar-refractivity contribution in [3.8, 4) is 11.5 Å². The van der Waals surface area contributed by atoms with Gasteiger partial charge in [0.15, 0.2) is 23.0 Å². The van der Waals surface area contributed by atoms with E-state index < -0.39 is 0 Å². The maximum Gasteiger partial charge on any atom is 0.194 e. The van der Waals surface area contributed by atoms with Gasteiger partial charge in [0.05, 0.1) is 6.61 Å². The van der Waals surface area contributed by atoms with Crippen molar-refractivity contribution in [3.05, 3.63) is 65.9 Å². The monoisotopic (exact) mass is 403 g/mol. The van der Waals surface area contributed by atoms with Gasteiger partial charge in [-0.25, -0.2) is 0 Å². The normalized spacial score (nSPS) is 11.1. The van der Waals surface area contributed by atoms with Crippen LogP contribution in [0.1, 0.15) is 32.8 Å². The molecule has 0 heterocycles. The molecule has 0 atom stereocenters. The molecule has 0 amide bonds. The van der Waals surface area contributed by atoms with Crippen LogP contribution in [0.2, 0.25) is 0 Å². The lowest BCUT2D eigenvalue weighted by molar-refractivity contribution is -0.115. The second-order valence-electron chi connectivity index (χ2n) is 6.25. The van der Waals surface area contributed by atoms with Crippen molar-refractivity contribution >= 4 is 24.3 Å². The van der Waals surface area contributed by atoms with Crippen LogP contribution < -0.4 is 9.47 Å². The number of benzene rings is 2. The van der Waals surface area contributed by atoms with Crippen LogP contribution in [0.3, 0.4) is 0 Å². The predicted molar refractivity (Wildman–Crippen MR) is 117 cm³/mol. The average Bonchev–Trinajstić information content (AvgIpc) is 2.69. The highest BCUT2D eigenvalue weighted by Gasteiger charge is 2.11. The average molecular weight is 404 g/mol. The van der Waals surface area contributed by atoms with E-state index in [1.54, 1.807) is 6.08 Å². The summed E-state index contributed by atoms with van der Waals surface area (Å²) in [5.41, 5.74) is 0.917. The summed E-state index contributed by atoms with van der Waals surface area (Å²) in [5.74, 6) is 1.37. The molecule has 2 rings (SSSR count). The molecule has 2 aromatic carbocycles. The molecule has 0 bridgehead atoms. The molecule has 0 radical (unpaired) electrons. The Morgan fingerprint density at radius 3 is 2.18 bits per heavy atom. The topological polar surface area (TPSA) is 38.8 Å². The maximum atomic E-state index is 12.0. The van der Waals surface area contributed by atoms with E-state index in [4.69, 9.17) is 9.47 Å². The number of nitrogens with zero attached hydrogens (tertiary/aromatic N) is 1. The summed E-state index contributed by atoms with van der Waals surface area (Å²) in [6, 6.07) is 17.1. The number of para-hydroxylation sites is 2. The van der Waals surface area contributed by atoms with Gasteiger partial charge < -0.3 is 14.4 Å². The number of hydrogen-bond donors (Lipinski definition) is 0. The molecule has 0 aromatic heterocycles. The van der Waals surface area contributed by atoms with E-state index in [1.165, 1.54) is 6.92 Å². The molecule has 5 heteroatoms. The van der Waals surface area contributed by atoms with E-state index >= 15 is 0 Å². The van der Waals surface area contributed by atoms with Crippen molar-refractivity contribution in [3.63, 3.8) is 0 Å². The maximum absolute atomic E-state index is 12.0. The van der Waals surface area contributed by atoms with Crippen molar-refractivity contribution in [1.29, 1.82) is 0 Å². The van der Waals surface area contributed by atoms with Crippen molar-refractivity contribution < 1.29 is 14.3 Å². The molecule has 28 heavy (non-hydrogen) atoms. The minimum Gasteiger partial charge on any atom is -0.490 e. The number of hydrogen-bond acceptors (Lipinski definition) is 4. The van der Waals surface area contributed by atoms with Crippen molar-refractivity contribution in [1.82, 2.24) is 4.90 Å². The highest BCUT2D eigenvalue weighted by Crippen LogP contribution is 2.29. The summed E-state index contributed by atoms with van der Waals surface area (Å²) in [6.45, 7) is 9.52. The molecule has 0 saturated carbocycles. The van der Waals surface area contributed by atoms with Gasteiger partial charge in [0.2, 0.25) is 0 Å². The molecule has 0 aliphatic rings. The summed E-state index contributed by atoms with van der Waals surface area (Å²) >= 11 is 0. The first-order chi connectivity index (χ1) is 13.1. The second kappa shape index (κ2) is 13.0. The third kappa shape index (κ3) is 7.75. The lowest BCUT2D eigenvalue weighted by atomic mass is 10.2. The zero-order chi connectivity index (χ0) is 19.5. The van der Waals surface area contributed by atoms with Gasteiger partial charge in [0.25, 0.3) is 0 Å². The number of allylic oxidation sites excluding steroid dienone is 1. The lowest BCUT2D eigenvalue weighted by Crippen LogP contribution is -2.25. The van der Waals surface area contributed by atoms with Crippen molar-refractivity contribution in [2.24, 2.45) is 0 Å². The Bertz CT molecular complexity index is 743. The van der Waals surface area contributed by atoms with E-state index in [9.17, 15) is 4.79 Å². The summed E-state index contributed by atoms with van der Waals surface area (Å²) in [5, 5.41) is 0. The Balaban J connectivity index is 0.00000392. The molecule has 0 N–H and O–H groups in total. The molecule has 0 unspecified atom stereocenters. The molecule has 0 fully saturated rings. The highest BCUT2D eigenvalue weighted by molar-refractivity contribution is 5.96. The Kier molecular flexibility index (Phi) is 11.0. The molecule has 4 nitrogen and oxygen atoms in total. The number of ether oxygens (including phenoxy) is 2. The van der Waals surface area contributed by atoms with Crippen molar-refractivity contribution in [2.75, 3.05) is 26.2 Å². The van der Waals surface area contributed by atoms with Crippen LogP contribution in [0.5, 0.6) is 11.5 Å². The van der Waals surface area contributed by atoms with Gasteiger partial charge >= 0.3 is 0 Å². The highest BCUT2D eigenvalue weighted by atomic mass is 35.5. The molecular weight excluding hydrogens is 374 g/mol. The van der Waals surface area contributed by atoms with Gasteiger partial charge in [0, 0.05) is 13.5 Å². The largest absolute Gasteiger partial charge is 0.490 e. The Morgan fingerprint density at radius 2 is 1.57 bits per heavy atom. The quantitative estimate of drug-likeness (QED) is 0.292. The van der Waals surface area contributed by atoms with Gasteiger partial charge in [-0.2, -0.15) is 0 Å². The Morgan fingerprint density at radius 1 is 0.964 bits per heavy atom. The fourth-order valence-corrected chi connectivity index (χ4v) is 2.69.